The van der Waals surface area contributed by atoms with E-state index in [0.29, 0.717) is 44.3 Å². The molecule has 194 valence electrons. The highest BCUT2D eigenvalue weighted by Crippen LogP contribution is 2.26. The number of nitrogens with one attached hydrogen (secondary N) is 3. The zero-order valence-corrected chi connectivity index (χ0v) is 20.7. The molecule has 0 unspecified atom stereocenters. The van der Waals surface area contributed by atoms with Crippen LogP contribution in [0.5, 0.6) is 0 Å². The first-order valence-corrected chi connectivity index (χ1v) is 12.1. The first-order valence-electron chi connectivity index (χ1n) is 12.1. The number of hydroxylamine groups is 1. The van der Waals surface area contributed by atoms with Gasteiger partial charge in [0.2, 0.25) is 17.7 Å². The van der Waals surface area contributed by atoms with Gasteiger partial charge in [-0.05, 0) is 56.6 Å². The van der Waals surface area contributed by atoms with E-state index >= 15 is 0 Å². The molecule has 0 aromatic carbocycles. The summed E-state index contributed by atoms with van der Waals surface area (Å²) in [5.41, 5.74) is 2.17. The minimum Gasteiger partial charge on any atom is -0.449 e. The number of cyclic esters (lactones) is 1. The Hall–Kier alpha value is -3.21. The number of aromatic nitrogens is 1. The van der Waals surface area contributed by atoms with Crippen LogP contribution < -0.4 is 16.1 Å². The van der Waals surface area contributed by atoms with Crippen LogP contribution in [0.1, 0.15) is 52.4 Å². The van der Waals surface area contributed by atoms with Crippen LogP contribution in [-0.4, -0.2) is 65.1 Å². The van der Waals surface area contributed by atoms with Gasteiger partial charge in [0.1, 0.15) is 6.04 Å². The Morgan fingerprint density at radius 1 is 1.23 bits per heavy atom. The molecule has 1 fully saturated rings. The summed E-state index contributed by atoms with van der Waals surface area (Å²) in [6.07, 6.45) is 5.09. The van der Waals surface area contributed by atoms with Gasteiger partial charge in [-0.15, -0.1) is 0 Å². The average Bonchev–Trinajstić information content (AvgIpc) is 2.84. The van der Waals surface area contributed by atoms with Crippen LogP contribution in [0.2, 0.25) is 0 Å². The number of ether oxygens (including phenoxy) is 1. The monoisotopic (exact) mass is 491 g/mol. The number of carbonyl (C=O) groups is 4. The number of hydrogen-bond acceptors (Lipinski definition) is 7. The maximum Gasteiger partial charge on any atom is 0.409 e. The summed E-state index contributed by atoms with van der Waals surface area (Å²) in [6.45, 7) is 4.39. The van der Waals surface area contributed by atoms with Crippen molar-refractivity contribution in [2.45, 2.75) is 58.4 Å². The number of rotatable bonds is 5. The Morgan fingerprint density at radius 2 is 2.00 bits per heavy atom. The number of carbonyl (C=O) groups excluding carboxylic acids is 4. The van der Waals surface area contributed by atoms with Crippen molar-refractivity contribution < 1.29 is 29.1 Å². The van der Waals surface area contributed by atoms with E-state index in [4.69, 9.17) is 4.74 Å². The Bertz CT molecular complexity index is 850. The largest absolute Gasteiger partial charge is 0.449 e. The normalized spacial score (nSPS) is 22.9. The maximum absolute atomic E-state index is 13.4. The lowest BCUT2D eigenvalue weighted by Crippen LogP contribution is -2.49. The van der Waals surface area contributed by atoms with Gasteiger partial charge in [-0.1, -0.05) is 13.8 Å². The predicted molar refractivity (Wildman–Crippen MR) is 128 cm³/mol. The van der Waals surface area contributed by atoms with Gasteiger partial charge >= 0.3 is 6.09 Å². The Morgan fingerprint density at radius 3 is 2.66 bits per heavy atom. The lowest BCUT2D eigenvalue weighted by molar-refractivity contribution is -0.142. The summed E-state index contributed by atoms with van der Waals surface area (Å²) < 4.78 is 5.28. The summed E-state index contributed by atoms with van der Waals surface area (Å²) in [5, 5.41) is 14.9. The summed E-state index contributed by atoms with van der Waals surface area (Å²) in [7, 11) is 1.63. The maximum atomic E-state index is 13.4. The lowest BCUT2D eigenvalue weighted by Gasteiger charge is -2.28. The Balaban J connectivity index is 2.31. The second kappa shape index (κ2) is 14.2. The topological polar surface area (TPSA) is 150 Å². The molecule has 0 aliphatic carbocycles. The highest BCUT2D eigenvalue weighted by Gasteiger charge is 2.36. The third-order valence-electron chi connectivity index (χ3n) is 5.99. The summed E-state index contributed by atoms with van der Waals surface area (Å²) >= 11 is 0. The van der Waals surface area contributed by atoms with Gasteiger partial charge < -0.3 is 20.3 Å². The fourth-order valence-corrected chi connectivity index (χ4v) is 4.14. The first-order chi connectivity index (χ1) is 16.7. The van der Waals surface area contributed by atoms with Crippen molar-refractivity contribution in [3.8, 4) is 0 Å². The van der Waals surface area contributed by atoms with Crippen LogP contribution in [0.25, 0.3) is 0 Å². The molecule has 1 saturated heterocycles. The van der Waals surface area contributed by atoms with E-state index < -0.39 is 41.7 Å². The highest BCUT2D eigenvalue weighted by atomic mass is 16.6. The minimum atomic E-state index is -0.856. The van der Waals surface area contributed by atoms with E-state index in [1.165, 1.54) is 11.1 Å². The van der Waals surface area contributed by atoms with Crippen LogP contribution in [0.3, 0.4) is 0 Å². The molecule has 1 aliphatic rings. The van der Waals surface area contributed by atoms with E-state index in [1.54, 1.807) is 30.9 Å². The van der Waals surface area contributed by atoms with Crippen molar-refractivity contribution in [1.82, 2.24) is 20.7 Å². The van der Waals surface area contributed by atoms with Crippen molar-refractivity contribution in [3.05, 3.63) is 24.5 Å². The molecule has 1 aromatic rings. The molecule has 0 spiro atoms. The van der Waals surface area contributed by atoms with Gasteiger partial charge in [-0.25, -0.2) is 10.3 Å². The molecule has 2 rings (SSSR count). The predicted octanol–water partition coefficient (Wildman–Crippen LogP) is 2.32. The molecule has 11 nitrogen and oxygen atoms in total. The molecule has 11 heteroatoms. The third kappa shape index (κ3) is 9.16. The molecule has 1 aliphatic heterocycles. The number of pyridine rings is 1. The second-order valence-electron chi connectivity index (χ2n) is 9.28. The molecular formula is C24H37N5O6. The van der Waals surface area contributed by atoms with Gasteiger partial charge in [0.05, 0.1) is 24.4 Å². The van der Waals surface area contributed by atoms with Gasteiger partial charge in [0, 0.05) is 25.7 Å². The van der Waals surface area contributed by atoms with Gasteiger partial charge in [0.15, 0.2) is 0 Å². The Labute approximate surface area is 205 Å². The van der Waals surface area contributed by atoms with Crippen molar-refractivity contribution in [3.63, 3.8) is 0 Å². The molecule has 1 aromatic heterocycles. The zero-order valence-electron chi connectivity index (χ0n) is 20.7. The average molecular weight is 492 g/mol. The van der Waals surface area contributed by atoms with Gasteiger partial charge in [0.25, 0.3) is 0 Å². The minimum absolute atomic E-state index is 0.0796. The summed E-state index contributed by atoms with van der Waals surface area (Å²) in [6, 6.07) is 2.54. The molecule has 0 bridgehead atoms. The molecule has 4 amide bonds. The quantitative estimate of drug-likeness (QED) is 0.365. The van der Waals surface area contributed by atoms with Crippen molar-refractivity contribution in [2.24, 2.45) is 17.8 Å². The van der Waals surface area contributed by atoms with Crippen molar-refractivity contribution in [1.29, 1.82) is 0 Å². The van der Waals surface area contributed by atoms with Crippen LogP contribution in [-0.2, 0) is 19.1 Å². The molecule has 0 saturated carbocycles. The molecule has 4 N–H and O–H groups in total. The number of nitrogens with zero attached hydrogens (tertiary/aromatic N) is 2. The molecular weight excluding hydrogens is 454 g/mol. The Kier molecular flexibility index (Phi) is 11.4. The second-order valence-corrected chi connectivity index (χ2v) is 9.28. The van der Waals surface area contributed by atoms with Gasteiger partial charge in [-0.2, -0.15) is 0 Å². The van der Waals surface area contributed by atoms with E-state index in [0.717, 1.165) is 0 Å². The lowest BCUT2D eigenvalue weighted by atomic mass is 9.81. The van der Waals surface area contributed by atoms with E-state index in [2.05, 4.69) is 15.6 Å². The van der Waals surface area contributed by atoms with Crippen LogP contribution in [0.15, 0.2) is 24.5 Å². The van der Waals surface area contributed by atoms with Crippen LogP contribution in [0, 0.1) is 17.8 Å². The first kappa shape index (κ1) is 28.0. The number of amides is 4. The SMILES string of the molecule is CC(C)C[C@H]1C(=O)N[C@H](C(=O)Nc2cccnc2)CCCCN(C)C(=O)OCCC[C@@H]1C(=O)NO. The molecule has 0 radical (unpaired) electrons. The van der Waals surface area contributed by atoms with Gasteiger partial charge in [-0.3, -0.25) is 24.6 Å². The van der Waals surface area contributed by atoms with Crippen LogP contribution in [0.4, 0.5) is 10.5 Å². The van der Waals surface area contributed by atoms with E-state index in [9.17, 15) is 24.4 Å². The number of anilines is 1. The highest BCUT2D eigenvalue weighted by molar-refractivity contribution is 5.98. The molecule has 3 atom stereocenters. The smallest absolute Gasteiger partial charge is 0.409 e. The van der Waals surface area contributed by atoms with Crippen molar-refractivity contribution in [2.75, 3.05) is 25.5 Å². The standard InChI is InChI=1S/C24H37N5O6/c1-16(2)14-19-18(22(31)28-34)9-7-13-35-24(33)29(3)12-5-4-10-20(27-21(19)30)23(32)26-17-8-6-11-25-15-17/h6,8,11,15-16,18-20,34H,4-5,7,9-10,12-14H2,1-3H3,(H,26,32)(H,27,30)(H,28,31)/t18-,19+,20-/m0/s1. The molecule has 35 heavy (non-hydrogen) atoms. The van der Waals surface area contributed by atoms with E-state index in [1.807, 2.05) is 13.8 Å². The summed E-state index contributed by atoms with van der Waals surface area (Å²) in [5.74, 6) is -3.06. The zero-order chi connectivity index (χ0) is 25.8. The third-order valence-corrected chi connectivity index (χ3v) is 5.99. The fourth-order valence-electron chi connectivity index (χ4n) is 4.14. The van der Waals surface area contributed by atoms with E-state index in [-0.39, 0.29) is 18.9 Å². The molecule has 2 heterocycles. The van der Waals surface area contributed by atoms with Crippen molar-refractivity contribution >= 4 is 29.5 Å². The number of hydrogen-bond donors (Lipinski definition) is 4. The fraction of sp³-hybridized carbons (Fsp3) is 0.625. The van der Waals surface area contributed by atoms with Crippen LogP contribution >= 0.6 is 0 Å². The summed E-state index contributed by atoms with van der Waals surface area (Å²) in [4.78, 5) is 56.7.